The standard InChI is InChI=1S/C13H20.C2H6/c1-5-13(3,4)10-12-9-7-6-8-11(12)2;1-2/h6-9H,5,10H2,1-4H3;1-2H3. The number of hydrogen-bond donors (Lipinski definition) is 0. The van der Waals surface area contributed by atoms with Crippen LogP contribution in [0.15, 0.2) is 24.3 Å². The molecule has 1 aromatic carbocycles. The minimum atomic E-state index is 0.437. The van der Waals surface area contributed by atoms with Crippen LogP contribution >= 0.6 is 0 Å². The van der Waals surface area contributed by atoms with Crippen LogP contribution in [0.1, 0.15) is 52.2 Å². The number of aryl methyl sites for hydroxylation is 1. The monoisotopic (exact) mass is 206 g/mol. The smallest absolute Gasteiger partial charge is 0.0225 e. The highest BCUT2D eigenvalue weighted by molar-refractivity contribution is 5.26. The molecular weight excluding hydrogens is 180 g/mol. The quantitative estimate of drug-likeness (QED) is 0.653. The van der Waals surface area contributed by atoms with Crippen molar-refractivity contribution >= 4 is 0 Å². The summed E-state index contributed by atoms with van der Waals surface area (Å²) >= 11 is 0. The summed E-state index contributed by atoms with van der Waals surface area (Å²) in [5, 5.41) is 0. The molecule has 0 saturated heterocycles. The summed E-state index contributed by atoms with van der Waals surface area (Å²) in [6.45, 7) is 13.1. The second-order valence-electron chi connectivity index (χ2n) is 4.62. The first-order chi connectivity index (χ1) is 7.05. The first kappa shape index (κ1) is 14.2. The van der Waals surface area contributed by atoms with Crippen LogP contribution in [0.4, 0.5) is 0 Å². The van der Waals surface area contributed by atoms with Gasteiger partial charge < -0.3 is 0 Å². The maximum atomic E-state index is 2.33. The third-order valence-electron chi connectivity index (χ3n) is 2.89. The third kappa shape index (κ3) is 5.01. The van der Waals surface area contributed by atoms with Crippen LogP contribution in [0.5, 0.6) is 0 Å². The maximum Gasteiger partial charge on any atom is -0.0225 e. The lowest BCUT2D eigenvalue weighted by Gasteiger charge is -2.23. The lowest BCUT2D eigenvalue weighted by atomic mass is 9.82. The van der Waals surface area contributed by atoms with Crippen molar-refractivity contribution in [1.29, 1.82) is 0 Å². The van der Waals surface area contributed by atoms with Gasteiger partial charge in [-0.3, -0.25) is 0 Å². The van der Waals surface area contributed by atoms with E-state index in [1.54, 1.807) is 0 Å². The molecule has 0 aromatic heterocycles. The Morgan fingerprint density at radius 1 is 1.07 bits per heavy atom. The Kier molecular flexibility index (Phi) is 6.31. The fourth-order valence-corrected chi connectivity index (χ4v) is 1.45. The second kappa shape index (κ2) is 6.66. The maximum absolute atomic E-state index is 2.33. The Labute approximate surface area is 95.7 Å². The summed E-state index contributed by atoms with van der Waals surface area (Å²) < 4.78 is 0. The zero-order valence-corrected chi connectivity index (χ0v) is 11.2. The van der Waals surface area contributed by atoms with Crippen LogP contribution in [-0.4, -0.2) is 0 Å². The van der Waals surface area contributed by atoms with Crippen LogP contribution < -0.4 is 0 Å². The molecule has 1 rings (SSSR count). The molecule has 0 heterocycles. The van der Waals surface area contributed by atoms with Crippen molar-refractivity contribution in [2.24, 2.45) is 5.41 Å². The molecule has 0 amide bonds. The second-order valence-corrected chi connectivity index (χ2v) is 4.62. The molecule has 0 aliphatic rings. The Morgan fingerprint density at radius 3 is 2.07 bits per heavy atom. The molecule has 0 aliphatic carbocycles. The van der Waals surface area contributed by atoms with Gasteiger partial charge in [0, 0.05) is 0 Å². The fourth-order valence-electron chi connectivity index (χ4n) is 1.45. The molecule has 0 fully saturated rings. The van der Waals surface area contributed by atoms with Gasteiger partial charge in [-0.1, -0.05) is 65.3 Å². The molecular formula is C15H26. The van der Waals surface area contributed by atoms with Crippen molar-refractivity contribution in [3.05, 3.63) is 35.4 Å². The fraction of sp³-hybridized carbons (Fsp3) is 0.600. The Bertz CT molecular complexity index is 271. The molecule has 0 spiro atoms. The van der Waals surface area contributed by atoms with Crippen LogP contribution in [-0.2, 0) is 6.42 Å². The lowest BCUT2D eigenvalue weighted by Crippen LogP contribution is -2.13. The van der Waals surface area contributed by atoms with Crippen LogP contribution in [0.2, 0.25) is 0 Å². The lowest BCUT2D eigenvalue weighted by molar-refractivity contribution is 0.348. The van der Waals surface area contributed by atoms with E-state index in [0.717, 1.165) is 0 Å². The van der Waals surface area contributed by atoms with E-state index >= 15 is 0 Å². The number of hydrogen-bond acceptors (Lipinski definition) is 0. The van der Waals surface area contributed by atoms with Gasteiger partial charge in [-0.25, -0.2) is 0 Å². The Balaban J connectivity index is 0.000000921. The minimum absolute atomic E-state index is 0.437. The molecule has 0 aliphatic heterocycles. The number of benzene rings is 1. The molecule has 15 heavy (non-hydrogen) atoms. The van der Waals surface area contributed by atoms with E-state index in [1.807, 2.05) is 13.8 Å². The van der Waals surface area contributed by atoms with Crippen molar-refractivity contribution in [2.45, 2.75) is 54.4 Å². The SMILES string of the molecule is CC.CCC(C)(C)Cc1ccccc1C. The van der Waals surface area contributed by atoms with E-state index in [0.29, 0.717) is 5.41 Å². The Morgan fingerprint density at radius 2 is 1.60 bits per heavy atom. The van der Waals surface area contributed by atoms with E-state index in [2.05, 4.69) is 52.0 Å². The predicted octanol–water partition coefficient (Wildman–Crippen LogP) is 5.00. The highest BCUT2D eigenvalue weighted by Gasteiger charge is 2.16. The first-order valence-corrected chi connectivity index (χ1v) is 6.10. The van der Waals surface area contributed by atoms with Crippen LogP contribution in [0.25, 0.3) is 0 Å². The minimum Gasteiger partial charge on any atom is -0.0683 e. The Hall–Kier alpha value is -0.780. The van der Waals surface area contributed by atoms with Gasteiger partial charge in [-0.2, -0.15) is 0 Å². The van der Waals surface area contributed by atoms with Crippen LogP contribution in [0.3, 0.4) is 0 Å². The van der Waals surface area contributed by atoms with Crippen molar-refractivity contribution in [3.63, 3.8) is 0 Å². The van der Waals surface area contributed by atoms with Gasteiger partial charge in [0.15, 0.2) is 0 Å². The number of rotatable bonds is 3. The highest BCUT2D eigenvalue weighted by atomic mass is 14.2. The van der Waals surface area contributed by atoms with Gasteiger partial charge in [0.25, 0.3) is 0 Å². The van der Waals surface area contributed by atoms with Crippen molar-refractivity contribution in [3.8, 4) is 0 Å². The summed E-state index contributed by atoms with van der Waals surface area (Å²) in [6.07, 6.45) is 2.43. The predicted molar refractivity (Wildman–Crippen MR) is 70.3 cm³/mol. The van der Waals surface area contributed by atoms with E-state index in [1.165, 1.54) is 24.0 Å². The summed E-state index contributed by atoms with van der Waals surface area (Å²) in [5.41, 5.74) is 3.35. The molecule has 0 bridgehead atoms. The molecule has 0 unspecified atom stereocenters. The molecule has 1 aromatic rings. The van der Waals surface area contributed by atoms with Crippen molar-refractivity contribution in [2.75, 3.05) is 0 Å². The van der Waals surface area contributed by atoms with Gasteiger partial charge in [0.05, 0.1) is 0 Å². The van der Waals surface area contributed by atoms with Gasteiger partial charge in [-0.15, -0.1) is 0 Å². The van der Waals surface area contributed by atoms with E-state index in [4.69, 9.17) is 0 Å². The van der Waals surface area contributed by atoms with Gasteiger partial charge >= 0.3 is 0 Å². The molecule has 0 saturated carbocycles. The average Bonchev–Trinajstić information content (AvgIpc) is 2.24. The molecule has 86 valence electrons. The zero-order chi connectivity index (χ0) is 11.9. The summed E-state index contributed by atoms with van der Waals surface area (Å²) in [5.74, 6) is 0. The van der Waals surface area contributed by atoms with Crippen LogP contribution in [0, 0.1) is 12.3 Å². The van der Waals surface area contributed by atoms with E-state index < -0.39 is 0 Å². The van der Waals surface area contributed by atoms with Crippen molar-refractivity contribution in [1.82, 2.24) is 0 Å². The largest absolute Gasteiger partial charge is 0.0683 e. The van der Waals surface area contributed by atoms with Gasteiger partial charge in [0.2, 0.25) is 0 Å². The summed E-state index contributed by atoms with van der Waals surface area (Å²) in [7, 11) is 0. The van der Waals surface area contributed by atoms with E-state index in [9.17, 15) is 0 Å². The normalized spacial score (nSPS) is 10.5. The van der Waals surface area contributed by atoms with E-state index in [-0.39, 0.29) is 0 Å². The molecule has 0 nitrogen and oxygen atoms in total. The van der Waals surface area contributed by atoms with Gasteiger partial charge in [-0.05, 0) is 29.9 Å². The topological polar surface area (TPSA) is 0 Å². The summed E-state index contributed by atoms with van der Waals surface area (Å²) in [6, 6.07) is 8.68. The molecule has 0 atom stereocenters. The molecule has 0 heteroatoms. The molecule has 0 N–H and O–H groups in total. The highest BCUT2D eigenvalue weighted by Crippen LogP contribution is 2.26. The van der Waals surface area contributed by atoms with Gasteiger partial charge in [0.1, 0.15) is 0 Å². The summed E-state index contributed by atoms with van der Waals surface area (Å²) in [4.78, 5) is 0. The third-order valence-corrected chi connectivity index (χ3v) is 2.89. The molecule has 0 radical (unpaired) electrons. The first-order valence-electron chi connectivity index (χ1n) is 6.10. The zero-order valence-electron chi connectivity index (χ0n) is 11.2. The van der Waals surface area contributed by atoms with Crippen molar-refractivity contribution < 1.29 is 0 Å². The average molecular weight is 206 g/mol.